The van der Waals surface area contributed by atoms with Crippen molar-refractivity contribution in [3.05, 3.63) is 15.8 Å². The molecule has 0 bridgehead atoms. The van der Waals surface area contributed by atoms with Crippen LogP contribution in [0.15, 0.2) is 5.38 Å². The van der Waals surface area contributed by atoms with E-state index in [2.05, 4.69) is 5.32 Å². The summed E-state index contributed by atoms with van der Waals surface area (Å²) in [4.78, 5) is 38.4. The van der Waals surface area contributed by atoms with Crippen LogP contribution in [0.1, 0.15) is 62.2 Å². The van der Waals surface area contributed by atoms with E-state index in [9.17, 15) is 14.4 Å². The molecule has 1 saturated heterocycles. The Balaban J connectivity index is 1.91. The Bertz CT molecular complexity index is 699. The van der Waals surface area contributed by atoms with Gasteiger partial charge in [0.05, 0.1) is 5.69 Å². The van der Waals surface area contributed by atoms with E-state index in [-0.39, 0.29) is 18.1 Å². The van der Waals surface area contributed by atoms with E-state index in [4.69, 9.17) is 9.47 Å². The Morgan fingerprint density at radius 2 is 1.89 bits per heavy atom. The number of carbonyl (C=O) groups excluding carboxylic acids is 3. The van der Waals surface area contributed by atoms with Crippen molar-refractivity contribution in [1.29, 1.82) is 0 Å². The fourth-order valence-electron chi connectivity index (χ4n) is 2.67. The highest BCUT2D eigenvalue weighted by molar-refractivity contribution is 7.12. The van der Waals surface area contributed by atoms with Gasteiger partial charge in [0.25, 0.3) is 0 Å². The summed E-state index contributed by atoms with van der Waals surface area (Å²) in [5.41, 5.74) is 0.841. The molecule has 2 rings (SSSR count). The maximum absolute atomic E-state index is 12.6. The van der Waals surface area contributed by atoms with Gasteiger partial charge in [-0.2, -0.15) is 0 Å². The summed E-state index contributed by atoms with van der Waals surface area (Å²) < 4.78 is 11.0. The Morgan fingerprint density at radius 1 is 1.26 bits per heavy atom. The second-order valence-electron chi connectivity index (χ2n) is 7.60. The van der Waals surface area contributed by atoms with Crippen molar-refractivity contribution in [3.63, 3.8) is 0 Å². The Labute approximate surface area is 164 Å². The van der Waals surface area contributed by atoms with E-state index in [1.165, 1.54) is 11.3 Å². The predicted molar refractivity (Wildman–Crippen MR) is 104 cm³/mol. The number of amides is 2. The third-order valence-corrected chi connectivity index (χ3v) is 5.19. The van der Waals surface area contributed by atoms with Crippen molar-refractivity contribution < 1.29 is 23.9 Å². The summed E-state index contributed by atoms with van der Waals surface area (Å²) >= 11 is 1.26. The fraction of sp³-hybridized carbons (Fsp3) is 0.632. The lowest BCUT2D eigenvalue weighted by Gasteiger charge is -2.33. The second kappa shape index (κ2) is 8.73. The van der Waals surface area contributed by atoms with Crippen molar-refractivity contribution in [2.24, 2.45) is 0 Å². The molecule has 1 aliphatic heterocycles. The molecule has 0 aliphatic carbocycles. The van der Waals surface area contributed by atoms with Crippen LogP contribution in [-0.4, -0.2) is 47.7 Å². The summed E-state index contributed by atoms with van der Waals surface area (Å²) in [5.74, 6) is -0.577. The van der Waals surface area contributed by atoms with Gasteiger partial charge in [0, 0.05) is 32.4 Å². The van der Waals surface area contributed by atoms with E-state index >= 15 is 0 Å². The van der Waals surface area contributed by atoms with Gasteiger partial charge in [0.1, 0.15) is 16.6 Å². The minimum absolute atomic E-state index is 0.142. The predicted octanol–water partition coefficient (Wildman–Crippen LogP) is 3.96. The van der Waals surface area contributed by atoms with Gasteiger partial charge >= 0.3 is 12.1 Å². The number of hydrogen-bond acceptors (Lipinski definition) is 6. The molecule has 150 valence electrons. The van der Waals surface area contributed by atoms with E-state index in [1.54, 1.807) is 11.8 Å². The number of hydrogen-bond donors (Lipinski definition) is 1. The molecule has 0 atom stereocenters. The van der Waals surface area contributed by atoms with Gasteiger partial charge in [-0.15, -0.1) is 11.3 Å². The van der Waals surface area contributed by atoms with Gasteiger partial charge in [-0.25, -0.2) is 9.59 Å². The maximum Gasteiger partial charge on any atom is 0.410 e. The first-order chi connectivity index (χ1) is 12.6. The molecule has 8 heteroatoms. The largest absolute Gasteiger partial charge is 0.458 e. The van der Waals surface area contributed by atoms with Gasteiger partial charge < -0.3 is 19.7 Å². The number of anilines is 1. The minimum Gasteiger partial charge on any atom is -0.458 e. The number of likely N-dealkylation sites (tertiary alicyclic amines) is 1. The summed E-state index contributed by atoms with van der Waals surface area (Å²) in [6.07, 6.45) is 0.865. The van der Waals surface area contributed by atoms with Gasteiger partial charge in [0.2, 0.25) is 5.91 Å². The quantitative estimate of drug-likeness (QED) is 0.779. The van der Waals surface area contributed by atoms with Gasteiger partial charge in [0.15, 0.2) is 0 Å². The lowest BCUT2D eigenvalue weighted by Crippen LogP contribution is -2.43. The Morgan fingerprint density at radius 3 is 2.44 bits per heavy atom. The highest BCUT2D eigenvalue weighted by Crippen LogP contribution is 2.29. The van der Waals surface area contributed by atoms with Crippen LogP contribution in [0.4, 0.5) is 10.5 Å². The average molecular weight is 397 g/mol. The van der Waals surface area contributed by atoms with E-state index in [1.807, 2.05) is 33.1 Å². The number of carbonyl (C=O) groups is 3. The first-order valence-corrected chi connectivity index (χ1v) is 10.1. The molecule has 1 fully saturated rings. The summed E-state index contributed by atoms with van der Waals surface area (Å²) in [7, 11) is 0. The number of thiophene rings is 1. The van der Waals surface area contributed by atoms with E-state index in [0.29, 0.717) is 42.9 Å². The number of rotatable bonds is 4. The third kappa shape index (κ3) is 5.95. The number of piperidine rings is 1. The molecule has 0 aromatic carbocycles. The smallest absolute Gasteiger partial charge is 0.410 e. The topological polar surface area (TPSA) is 84.9 Å². The number of nitrogens with zero attached hydrogens (tertiary/aromatic N) is 1. The molecule has 7 nitrogen and oxygen atoms in total. The van der Waals surface area contributed by atoms with Crippen LogP contribution in [0, 0.1) is 6.92 Å². The van der Waals surface area contributed by atoms with Crippen molar-refractivity contribution >= 4 is 35.0 Å². The zero-order valence-electron chi connectivity index (χ0n) is 16.6. The molecule has 1 N–H and O–H groups in total. The van der Waals surface area contributed by atoms with Gasteiger partial charge in [-0.1, -0.05) is 6.92 Å². The fourth-order valence-corrected chi connectivity index (χ4v) is 3.55. The number of aryl methyl sites for hydroxylation is 1. The highest BCUT2D eigenvalue weighted by atomic mass is 32.1. The molecular formula is C19H28N2O5S. The standard InChI is InChI=1S/C19H28N2O5S/c1-6-14(22)20-15-12(2)11-27-16(15)17(23)25-13-7-9-21(10-8-13)18(24)26-19(3,4)5/h11,13H,6-10H2,1-5H3,(H,20,22). The van der Waals surface area contributed by atoms with Crippen molar-refractivity contribution in [2.75, 3.05) is 18.4 Å². The first kappa shape index (κ1) is 21.2. The van der Waals surface area contributed by atoms with Crippen molar-refractivity contribution in [2.45, 2.75) is 65.6 Å². The molecule has 27 heavy (non-hydrogen) atoms. The lowest BCUT2D eigenvalue weighted by atomic mass is 10.1. The van der Waals surface area contributed by atoms with Crippen LogP contribution >= 0.6 is 11.3 Å². The van der Waals surface area contributed by atoms with E-state index < -0.39 is 11.6 Å². The SMILES string of the molecule is CCC(=O)Nc1c(C)csc1C(=O)OC1CCN(C(=O)OC(C)(C)C)CC1. The van der Waals surface area contributed by atoms with Crippen LogP contribution in [-0.2, 0) is 14.3 Å². The van der Waals surface area contributed by atoms with Crippen LogP contribution in [0.5, 0.6) is 0 Å². The summed E-state index contributed by atoms with van der Waals surface area (Å²) in [5, 5.41) is 4.60. The van der Waals surface area contributed by atoms with E-state index in [0.717, 1.165) is 5.56 Å². The lowest BCUT2D eigenvalue weighted by molar-refractivity contribution is -0.115. The van der Waals surface area contributed by atoms with Crippen LogP contribution < -0.4 is 5.32 Å². The third-order valence-electron chi connectivity index (χ3n) is 4.11. The molecular weight excluding hydrogens is 368 g/mol. The van der Waals surface area contributed by atoms with Crippen molar-refractivity contribution in [1.82, 2.24) is 4.90 Å². The minimum atomic E-state index is -0.531. The van der Waals surface area contributed by atoms with Crippen LogP contribution in [0.25, 0.3) is 0 Å². The normalized spacial score (nSPS) is 15.4. The molecule has 1 aromatic rings. The van der Waals surface area contributed by atoms with Crippen LogP contribution in [0.2, 0.25) is 0 Å². The van der Waals surface area contributed by atoms with Crippen LogP contribution in [0.3, 0.4) is 0 Å². The number of ether oxygens (including phenoxy) is 2. The summed E-state index contributed by atoms with van der Waals surface area (Å²) in [6.45, 7) is 10.1. The van der Waals surface area contributed by atoms with Gasteiger partial charge in [-0.05, 0) is 38.6 Å². The molecule has 2 amide bonds. The molecule has 2 heterocycles. The average Bonchev–Trinajstić information content (AvgIpc) is 2.94. The molecule has 1 aromatic heterocycles. The second-order valence-corrected chi connectivity index (χ2v) is 8.48. The highest BCUT2D eigenvalue weighted by Gasteiger charge is 2.29. The van der Waals surface area contributed by atoms with Gasteiger partial charge in [-0.3, -0.25) is 4.79 Å². The maximum atomic E-state index is 12.6. The molecule has 0 radical (unpaired) electrons. The molecule has 0 saturated carbocycles. The summed E-state index contributed by atoms with van der Waals surface area (Å²) in [6, 6.07) is 0. The molecule has 0 unspecified atom stereocenters. The first-order valence-electron chi connectivity index (χ1n) is 9.17. The Kier molecular flexibility index (Phi) is 6.86. The molecule has 0 spiro atoms. The monoisotopic (exact) mass is 396 g/mol. The zero-order valence-corrected chi connectivity index (χ0v) is 17.4. The number of esters is 1. The molecule has 1 aliphatic rings. The zero-order chi connectivity index (χ0) is 20.2. The van der Waals surface area contributed by atoms with Crippen molar-refractivity contribution in [3.8, 4) is 0 Å². The Hall–Kier alpha value is -2.09. The number of nitrogens with one attached hydrogen (secondary N) is 1.